The second kappa shape index (κ2) is 6.43. The molecule has 1 aromatic heterocycles. The van der Waals surface area contributed by atoms with Crippen LogP contribution < -0.4 is 4.74 Å². The van der Waals surface area contributed by atoms with Gasteiger partial charge in [0.1, 0.15) is 0 Å². The summed E-state index contributed by atoms with van der Waals surface area (Å²) in [4.78, 5) is 4.13. The lowest BCUT2D eigenvalue weighted by Gasteiger charge is -2.15. The van der Waals surface area contributed by atoms with Gasteiger partial charge in [0.15, 0.2) is 0 Å². The Balaban J connectivity index is 2.55. The summed E-state index contributed by atoms with van der Waals surface area (Å²) >= 11 is 6.14. The van der Waals surface area contributed by atoms with Gasteiger partial charge in [0.2, 0.25) is 5.88 Å². The third-order valence-corrected chi connectivity index (χ3v) is 3.68. The number of hydrogen-bond donors (Lipinski definition) is 0. The van der Waals surface area contributed by atoms with Crippen molar-refractivity contribution in [2.75, 3.05) is 25.9 Å². The average Bonchev–Trinajstić information content (AvgIpc) is 2.45. The summed E-state index contributed by atoms with van der Waals surface area (Å²) in [5.41, 5.74) is 2.96. The highest BCUT2D eigenvalue weighted by Crippen LogP contribution is 2.33. The molecule has 0 atom stereocenters. The molecular formula is C17H18ClNOS. The van der Waals surface area contributed by atoms with Crippen LogP contribution in [0.3, 0.4) is 0 Å². The second-order valence-corrected chi connectivity index (χ2v) is 9.66. The van der Waals surface area contributed by atoms with Crippen molar-refractivity contribution in [3.8, 4) is 28.2 Å². The Labute approximate surface area is 132 Å². The Bertz CT molecular complexity index is 711. The van der Waals surface area contributed by atoms with Crippen LogP contribution in [-0.4, -0.2) is 30.9 Å². The van der Waals surface area contributed by atoms with Crippen molar-refractivity contribution < 1.29 is 4.74 Å². The van der Waals surface area contributed by atoms with Crippen LogP contribution in [0.15, 0.2) is 36.5 Å². The smallest absolute Gasteiger partial charge is 0.213 e. The summed E-state index contributed by atoms with van der Waals surface area (Å²) in [6, 6.07) is 9.58. The monoisotopic (exact) mass is 319 g/mol. The van der Waals surface area contributed by atoms with E-state index in [9.17, 15) is 0 Å². The molecule has 0 N–H and O–H groups in total. The van der Waals surface area contributed by atoms with Gasteiger partial charge >= 0.3 is 0 Å². The maximum absolute atomic E-state index is 6.14. The number of nitrogens with zero attached hydrogens (tertiary/aromatic N) is 1. The van der Waals surface area contributed by atoms with Crippen molar-refractivity contribution in [3.05, 3.63) is 47.1 Å². The van der Waals surface area contributed by atoms with Gasteiger partial charge in [0, 0.05) is 22.8 Å². The number of aromatic nitrogens is 1. The molecule has 0 aliphatic rings. The van der Waals surface area contributed by atoms with Gasteiger partial charge < -0.3 is 4.74 Å². The van der Waals surface area contributed by atoms with Crippen molar-refractivity contribution in [2.45, 2.75) is 0 Å². The first-order chi connectivity index (χ1) is 9.89. The number of pyridine rings is 1. The Morgan fingerprint density at radius 2 is 1.90 bits per heavy atom. The van der Waals surface area contributed by atoms with E-state index in [2.05, 4.69) is 34.9 Å². The molecule has 0 aliphatic carbocycles. The first-order valence-electron chi connectivity index (χ1n) is 6.40. The van der Waals surface area contributed by atoms with E-state index in [0.717, 1.165) is 16.7 Å². The highest BCUT2D eigenvalue weighted by Gasteiger charge is 2.07. The Morgan fingerprint density at radius 3 is 2.57 bits per heavy atom. The number of hydrogen-bond acceptors (Lipinski definition) is 2. The van der Waals surface area contributed by atoms with E-state index in [4.69, 9.17) is 16.3 Å². The van der Waals surface area contributed by atoms with Crippen molar-refractivity contribution in [1.82, 2.24) is 4.98 Å². The maximum Gasteiger partial charge on any atom is 0.213 e. The predicted octanol–water partition coefficient (Wildman–Crippen LogP) is 4.41. The topological polar surface area (TPSA) is 22.1 Å². The Hall–Kier alpha value is -1.63. The van der Waals surface area contributed by atoms with Crippen molar-refractivity contribution in [3.63, 3.8) is 0 Å². The van der Waals surface area contributed by atoms with Crippen LogP contribution in [0.1, 0.15) is 5.56 Å². The predicted molar refractivity (Wildman–Crippen MR) is 93.5 cm³/mol. The second-order valence-electron chi connectivity index (χ2n) is 5.34. The summed E-state index contributed by atoms with van der Waals surface area (Å²) < 4.78 is 5.18. The van der Waals surface area contributed by atoms with Crippen molar-refractivity contribution in [1.29, 1.82) is 0 Å². The Kier molecular flexibility index (Phi) is 4.82. The number of benzene rings is 1. The average molecular weight is 320 g/mol. The van der Waals surface area contributed by atoms with Gasteiger partial charge in [-0.1, -0.05) is 17.5 Å². The van der Waals surface area contributed by atoms with E-state index in [-0.39, 0.29) is 0 Å². The standard InChI is InChI=1S/C17H18ClNOS/c1-20-17-11-14(7-9-19-17)16-12-15(18)6-5-13(16)8-10-21(2,3)4/h5-7,9,11-12H,1-4H3. The SMILES string of the molecule is COc1cc(-c2cc(Cl)ccc2C#CS(C)(C)C)ccn1. The molecule has 0 saturated carbocycles. The molecule has 0 bridgehead atoms. The number of rotatable bonds is 2. The normalized spacial score (nSPS) is 11.5. The zero-order valence-corrected chi connectivity index (χ0v) is 14.2. The highest BCUT2D eigenvalue weighted by molar-refractivity contribution is 8.35. The molecule has 2 aromatic rings. The van der Waals surface area contributed by atoms with E-state index in [0.29, 0.717) is 10.9 Å². The van der Waals surface area contributed by atoms with Crippen LogP contribution in [0.5, 0.6) is 5.88 Å². The van der Waals surface area contributed by atoms with Crippen LogP contribution in [0.2, 0.25) is 5.02 Å². The van der Waals surface area contributed by atoms with Crippen LogP contribution in [0.25, 0.3) is 11.1 Å². The molecule has 2 rings (SSSR count). The van der Waals surface area contributed by atoms with Gasteiger partial charge in [0.25, 0.3) is 0 Å². The molecule has 2 nitrogen and oxygen atoms in total. The maximum atomic E-state index is 6.14. The summed E-state index contributed by atoms with van der Waals surface area (Å²) in [5, 5.41) is 4.03. The lowest BCUT2D eigenvalue weighted by molar-refractivity contribution is 0.398. The number of halogens is 1. The minimum absolute atomic E-state index is 0.577. The quantitative estimate of drug-likeness (QED) is 0.765. The first kappa shape index (κ1) is 15.8. The van der Waals surface area contributed by atoms with Gasteiger partial charge in [-0.05, 0) is 59.4 Å². The van der Waals surface area contributed by atoms with Crippen molar-refractivity contribution in [2.24, 2.45) is 0 Å². The van der Waals surface area contributed by atoms with Gasteiger partial charge in [-0.3, -0.25) is 0 Å². The van der Waals surface area contributed by atoms with Crippen LogP contribution in [0.4, 0.5) is 0 Å². The lowest BCUT2D eigenvalue weighted by Crippen LogP contribution is -1.90. The van der Waals surface area contributed by atoms with E-state index in [1.807, 2.05) is 30.3 Å². The summed E-state index contributed by atoms with van der Waals surface area (Å²) in [7, 11) is 0.730. The van der Waals surface area contributed by atoms with E-state index in [1.54, 1.807) is 13.3 Å². The number of methoxy groups -OCH3 is 1. The number of ether oxygens (including phenoxy) is 1. The zero-order chi connectivity index (χ0) is 15.5. The molecule has 1 aromatic carbocycles. The molecule has 21 heavy (non-hydrogen) atoms. The molecule has 0 saturated heterocycles. The van der Waals surface area contributed by atoms with Gasteiger partial charge in [0.05, 0.1) is 7.11 Å². The zero-order valence-electron chi connectivity index (χ0n) is 12.6. The molecule has 0 spiro atoms. The molecule has 0 unspecified atom stereocenters. The van der Waals surface area contributed by atoms with E-state index in [1.165, 1.54) is 0 Å². The minimum Gasteiger partial charge on any atom is -0.481 e. The third-order valence-electron chi connectivity index (χ3n) is 2.73. The highest BCUT2D eigenvalue weighted by atomic mass is 35.5. The lowest BCUT2D eigenvalue weighted by atomic mass is 10.0. The third kappa shape index (κ3) is 4.42. The van der Waals surface area contributed by atoms with E-state index >= 15 is 0 Å². The fraction of sp³-hybridized carbons (Fsp3) is 0.235. The molecule has 0 aliphatic heterocycles. The molecule has 1 heterocycles. The van der Waals surface area contributed by atoms with Crippen LogP contribution in [0, 0.1) is 11.2 Å². The molecule has 0 radical (unpaired) electrons. The summed E-state index contributed by atoms with van der Waals surface area (Å²) in [6.45, 7) is 0. The van der Waals surface area contributed by atoms with Crippen molar-refractivity contribution >= 4 is 21.6 Å². The first-order valence-corrected chi connectivity index (χ1v) is 9.64. The van der Waals surface area contributed by atoms with Gasteiger partial charge in [-0.15, -0.1) is 0 Å². The van der Waals surface area contributed by atoms with Gasteiger partial charge in [-0.2, -0.15) is 10.0 Å². The summed E-state index contributed by atoms with van der Waals surface area (Å²) in [5.74, 6) is 3.86. The minimum atomic E-state index is -0.875. The van der Waals surface area contributed by atoms with Crippen LogP contribution >= 0.6 is 21.6 Å². The van der Waals surface area contributed by atoms with E-state index < -0.39 is 10.0 Å². The molecular weight excluding hydrogens is 302 g/mol. The van der Waals surface area contributed by atoms with Crippen LogP contribution in [-0.2, 0) is 0 Å². The fourth-order valence-corrected chi connectivity index (χ4v) is 2.35. The molecule has 0 amide bonds. The summed E-state index contributed by atoms with van der Waals surface area (Å²) in [6.07, 6.45) is 8.24. The molecule has 0 fully saturated rings. The molecule has 110 valence electrons. The Morgan fingerprint density at radius 1 is 1.14 bits per heavy atom. The molecule has 4 heteroatoms. The van der Waals surface area contributed by atoms with Gasteiger partial charge in [-0.25, -0.2) is 4.98 Å². The largest absolute Gasteiger partial charge is 0.481 e. The fourth-order valence-electron chi connectivity index (χ4n) is 1.76.